The van der Waals surface area contributed by atoms with Crippen molar-refractivity contribution >= 4 is 28.5 Å². The van der Waals surface area contributed by atoms with E-state index in [4.69, 9.17) is 21.1 Å². The molecule has 192 valence electrons. The Morgan fingerprint density at radius 2 is 1.58 bits per heavy atom. The van der Waals surface area contributed by atoms with Gasteiger partial charge in [0.2, 0.25) is 0 Å². The number of esters is 1. The van der Waals surface area contributed by atoms with Crippen LogP contribution < -0.4 is 4.74 Å². The van der Waals surface area contributed by atoms with Gasteiger partial charge in [-0.05, 0) is 47.0 Å². The van der Waals surface area contributed by atoms with Crippen molar-refractivity contribution in [1.29, 1.82) is 0 Å². The van der Waals surface area contributed by atoms with Crippen LogP contribution in [0.25, 0.3) is 10.9 Å². The summed E-state index contributed by atoms with van der Waals surface area (Å²) in [6.07, 6.45) is 1.73. The Bertz CT molecular complexity index is 1490. The largest absolute Gasteiger partial charge is 0.491 e. The number of benzene rings is 4. The second-order valence-corrected chi connectivity index (χ2v) is 9.57. The number of hydrogen-bond donors (Lipinski definition) is 1. The monoisotopic (exact) mass is 525 g/mol. The maximum Gasteiger partial charge on any atom is 0.337 e. The van der Waals surface area contributed by atoms with Gasteiger partial charge >= 0.3 is 5.97 Å². The van der Waals surface area contributed by atoms with Crippen molar-refractivity contribution < 1.29 is 19.4 Å². The number of ether oxygens (including phenoxy) is 2. The molecule has 1 unspecified atom stereocenters. The molecule has 1 aromatic heterocycles. The first-order valence-corrected chi connectivity index (χ1v) is 12.8. The zero-order valence-electron chi connectivity index (χ0n) is 21.0. The maximum absolute atomic E-state index is 11.8. The van der Waals surface area contributed by atoms with Crippen molar-refractivity contribution in [3.8, 4) is 5.75 Å². The van der Waals surface area contributed by atoms with Crippen LogP contribution in [-0.4, -0.2) is 35.5 Å². The number of halogens is 1. The van der Waals surface area contributed by atoms with Crippen LogP contribution in [0.5, 0.6) is 5.75 Å². The number of aliphatic hydroxyl groups is 1. The smallest absolute Gasteiger partial charge is 0.337 e. The summed E-state index contributed by atoms with van der Waals surface area (Å²) in [5.41, 5.74) is 4.68. The van der Waals surface area contributed by atoms with Crippen LogP contribution in [-0.2, 0) is 11.2 Å². The highest BCUT2D eigenvalue weighted by Gasteiger charge is 2.21. The maximum atomic E-state index is 11.8. The lowest BCUT2D eigenvalue weighted by atomic mass is 9.98. The summed E-state index contributed by atoms with van der Waals surface area (Å²) < 4.78 is 12.8. The fourth-order valence-corrected chi connectivity index (χ4v) is 4.96. The van der Waals surface area contributed by atoms with Crippen LogP contribution in [0.4, 0.5) is 0 Å². The summed E-state index contributed by atoms with van der Waals surface area (Å²) in [4.78, 5) is 11.8. The molecule has 0 fully saturated rings. The van der Waals surface area contributed by atoms with Gasteiger partial charge in [0.05, 0.1) is 30.3 Å². The van der Waals surface area contributed by atoms with E-state index >= 15 is 0 Å². The van der Waals surface area contributed by atoms with Gasteiger partial charge in [0, 0.05) is 23.0 Å². The highest BCUT2D eigenvalue weighted by Crippen LogP contribution is 2.34. The number of nitrogens with zero attached hydrogens (tertiary/aromatic N) is 1. The average Bonchev–Trinajstić information content (AvgIpc) is 3.29. The van der Waals surface area contributed by atoms with Gasteiger partial charge in [0.15, 0.2) is 0 Å². The van der Waals surface area contributed by atoms with Crippen molar-refractivity contribution in [2.45, 2.75) is 18.6 Å². The van der Waals surface area contributed by atoms with Gasteiger partial charge in [-0.25, -0.2) is 4.79 Å². The Kier molecular flexibility index (Phi) is 7.78. The first-order chi connectivity index (χ1) is 18.5. The summed E-state index contributed by atoms with van der Waals surface area (Å²) >= 11 is 6.45. The predicted octanol–water partition coefficient (Wildman–Crippen LogP) is 6.70. The summed E-state index contributed by atoms with van der Waals surface area (Å²) in [5, 5.41) is 12.6. The molecule has 0 saturated carbocycles. The molecule has 6 heteroatoms. The predicted molar refractivity (Wildman–Crippen MR) is 150 cm³/mol. The molecule has 0 aliphatic carbocycles. The van der Waals surface area contributed by atoms with E-state index in [2.05, 4.69) is 35.0 Å². The van der Waals surface area contributed by atoms with Gasteiger partial charge in [0.25, 0.3) is 0 Å². The minimum atomic E-state index is -0.765. The van der Waals surface area contributed by atoms with Crippen LogP contribution >= 0.6 is 11.6 Å². The molecule has 0 spiro atoms. The number of rotatable bonds is 9. The molecule has 0 aliphatic heterocycles. The normalized spacial score (nSPS) is 12.0. The second-order valence-electron chi connectivity index (χ2n) is 9.14. The Balaban J connectivity index is 1.45. The van der Waals surface area contributed by atoms with Gasteiger partial charge in [-0.1, -0.05) is 84.4 Å². The van der Waals surface area contributed by atoms with Gasteiger partial charge in [-0.2, -0.15) is 0 Å². The molecular formula is C32H28ClNO4. The van der Waals surface area contributed by atoms with Crippen molar-refractivity contribution in [1.82, 2.24) is 4.57 Å². The van der Waals surface area contributed by atoms with E-state index < -0.39 is 12.1 Å². The number of methoxy groups -OCH3 is 1. The molecule has 0 amide bonds. The lowest BCUT2D eigenvalue weighted by molar-refractivity contribution is 0.0600. The minimum absolute atomic E-state index is 0.0680. The van der Waals surface area contributed by atoms with Gasteiger partial charge in [0.1, 0.15) is 12.4 Å². The first kappa shape index (κ1) is 25.6. The SMILES string of the molecule is COC(=O)c1cccc(OCC(O)Cc2cn(C(c3ccccc3)c3ccccc3)c3cc(Cl)ccc23)c1. The second kappa shape index (κ2) is 11.5. The zero-order valence-corrected chi connectivity index (χ0v) is 21.7. The van der Waals surface area contributed by atoms with E-state index in [9.17, 15) is 9.90 Å². The van der Waals surface area contributed by atoms with Crippen LogP contribution in [0.15, 0.2) is 109 Å². The summed E-state index contributed by atoms with van der Waals surface area (Å²) in [5.74, 6) is 0.0586. The van der Waals surface area contributed by atoms with Crippen molar-refractivity contribution in [3.05, 3.63) is 137 Å². The molecule has 38 heavy (non-hydrogen) atoms. The molecule has 0 radical (unpaired) electrons. The van der Waals surface area contributed by atoms with E-state index in [0.717, 1.165) is 27.6 Å². The van der Waals surface area contributed by atoms with Gasteiger partial charge in [-0.3, -0.25) is 0 Å². The average molecular weight is 526 g/mol. The van der Waals surface area contributed by atoms with E-state index in [1.807, 2.05) is 54.6 Å². The molecular weight excluding hydrogens is 498 g/mol. The lowest BCUT2D eigenvalue weighted by Gasteiger charge is -2.21. The summed E-state index contributed by atoms with van der Waals surface area (Å²) in [7, 11) is 1.34. The lowest BCUT2D eigenvalue weighted by Crippen LogP contribution is -2.20. The number of aromatic nitrogens is 1. The molecule has 0 saturated heterocycles. The van der Waals surface area contributed by atoms with Crippen molar-refractivity contribution in [2.75, 3.05) is 13.7 Å². The standard InChI is InChI=1S/C32H28ClNO4/c1-37-32(36)24-13-8-14-28(18-24)38-21-27(35)17-25-20-34(30-19-26(33)15-16-29(25)30)31(22-9-4-2-5-10-22)23-11-6-3-7-12-23/h2-16,18-20,27,31,35H,17,21H2,1H3. The number of carbonyl (C=O) groups is 1. The van der Waals surface area contributed by atoms with E-state index in [0.29, 0.717) is 22.8 Å². The summed E-state index contributed by atoms with van der Waals surface area (Å²) in [6.45, 7) is 0.0751. The van der Waals surface area contributed by atoms with Crippen molar-refractivity contribution in [2.24, 2.45) is 0 Å². The molecule has 5 aromatic rings. The molecule has 5 nitrogen and oxygen atoms in total. The highest BCUT2D eigenvalue weighted by molar-refractivity contribution is 6.31. The van der Waals surface area contributed by atoms with Crippen LogP contribution in [0, 0.1) is 0 Å². The van der Waals surface area contributed by atoms with Gasteiger partial charge < -0.3 is 19.1 Å². The van der Waals surface area contributed by atoms with E-state index in [1.54, 1.807) is 24.3 Å². The van der Waals surface area contributed by atoms with Crippen molar-refractivity contribution in [3.63, 3.8) is 0 Å². The molecule has 1 heterocycles. The Labute approximate surface area is 226 Å². The third kappa shape index (κ3) is 5.59. The molecule has 1 N–H and O–H groups in total. The van der Waals surface area contributed by atoms with Crippen LogP contribution in [0.3, 0.4) is 0 Å². The Hall–Kier alpha value is -4.06. The molecule has 4 aromatic carbocycles. The van der Waals surface area contributed by atoms with E-state index in [1.165, 1.54) is 7.11 Å². The number of aliphatic hydroxyl groups excluding tert-OH is 1. The fraction of sp³-hybridized carbons (Fsp3) is 0.156. The number of fused-ring (bicyclic) bond motifs is 1. The molecule has 0 bridgehead atoms. The number of hydrogen-bond acceptors (Lipinski definition) is 4. The van der Waals surface area contributed by atoms with Crippen LogP contribution in [0.2, 0.25) is 5.02 Å². The summed E-state index contributed by atoms with van der Waals surface area (Å²) in [6, 6.07) is 33.2. The first-order valence-electron chi connectivity index (χ1n) is 12.4. The number of carbonyl (C=O) groups excluding carboxylic acids is 1. The Morgan fingerprint density at radius 3 is 2.24 bits per heavy atom. The molecule has 1 atom stereocenters. The van der Waals surface area contributed by atoms with E-state index in [-0.39, 0.29) is 12.6 Å². The fourth-order valence-electron chi connectivity index (χ4n) is 4.79. The molecule has 5 rings (SSSR count). The topological polar surface area (TPSA) is 60.7 Å². The quantitative estimate of drug-likeness (QED) is 0.217. The molecule has 0 aliphatic rings. The highest BCUT2D eigenvalue weighted by atomic mass is 35.5. The third-order valence-corrected chi connectivity index (χ3v) is 6.78. The minimum Gasteiger partial charge on any atom is -0.491 e. The van der Waals surface area contributed by atoms with Crippen LogP contribution in [0.1, 0.15) is 33.1 Å². The van der Waals surface area contributed by atoms with Gasteiger partial charge in [-0.15, -0.1) is 0 Å². The zero-order chi connectivity index (χ0) is 26.5. The third-order valence-electron chi connectivity index (χ3n) is 6.54. The Morgan fingerprint density at radius 1 is 0.895 bits per heavy atom.